The van der Waals surface area contributed by atoms with E-state index < -0.39 is 12.1 Å². The van der Waals surface area contributed by atoms with Gasteiger partial charge in [-0.15, -0.1) is 0 Å². The number of carbonyl (C=O) groups is 2. The molecule has 0 aliphatic carbocycles. The number of fused-ring (bicyclic) bond motifs is 1. The number of esters is 1. The van der Waals surface area contributed by atoms with E-state index in [4.69, 9.17) is 23.7 Å². The van der Waals surface area contributed by atoms with Crippen LogP contribution in [0.3, 0.4) is 0 Å². The van der Waals surface area contributed by atoms with Gasteiger partial charge in [-0.2, -0.15) is 0 Å². The molecule has 7 nitrogen and oxygen atoms in total. The van der Waals surface area contributed by atoms with Gasteiger partial charge < -0.3 is 23.7 Å². The molecule has 0 saturated heterocycles. The Hall–Kier alpha value is -3.48. The maximum absolute atomic E-state index is 12.6. The maximum Gasteiger partial charge on any atom is 0.347 e. The normalized spacial score (nSPS) is 14.7. The lowest BCUT2D eigenvalue weighted by atomic mass is 10.1. The highest BCUT2D eigenvalue weighted by Gasteiger charge is 2.28. The molecule has 0 unspecified atom stereocenters. The maximum atomic E-state index is 12.6. The van der Waals surface area contributed by atoms with Gasteiger partial charge in [0.15, 0.2) is 23.4 Å². The molecule has 2 aromatic rings. The van der Waals surface area contributed by atoms with Crippen molar-refractivity contribution >= 4 is 17.8 Å². The van der Waals surface area contributed by atoms with Crippen molar-refractivity contribution < 1.29 is 33.3 Å². The SMILES string of the molecule is CCOC(=O)[C@@H](C)Oc1ccc(/C=C2\Oc3cc(OCC)ccc3C2=O)cc1OC. The molecule has 1 heterocycles. The van der Waals surface area contributed by atoms with E-state index in [0.29, 0.717) is 40.7 Å². The molecule has 0 aromatic heterocycles. The average molecular weight is 412 g/mol. The molecule has 7 heteroatoms. The van der Waals surface area contributed by atoms with Gasteiger partial charge in [0.25, 0.3) is 0 Å². The number of hydrogen-bond donors (Lipinski definition) is 0. The third-order valence-electron chi connectivity index (χ3n) is 4.36. The standard InChI is InChI=1S/C23H24O7/c1-5-27-16-8-9-17-19(13-16)30-21(22(17)24)12-15-7-10-18(20(11-15)26-4)29-14(3)23(25)28-6-2/h7-14H,5-6H2,1-4H3/b21-12-/t14-/m1/s1. The van der Waals surface area contributed by atoms with Crippen molar-refractivity contribution in [2.45, 2.75) is 26.9 Å². The van der Waals surface area contributed by atoms with Gasteiger partial charge in [-0.25, -0.2) is 4.79 Å². The van der Waals surface area contributed by atoms with Crippen LogP contribution >= 0.6 is 0 Å². The van der Waals surface area contributed by atoms with E-state index in [1.54, 1.807) is 56.3 Å². The van der Waals surface area contributed by atoms with Crippen LogP contribution in [0.4, 0.5) is 0 Å². The first kappa shape index (κ1) is 21.2. The zero-order valence-corrected chi connectivity index (χ0v) is 17.4. The Kier molecular flexibility index (Phi) is 6.61. The molecule has 30 heavy (non-hydrogen) atoms. The number of Topliss-reactive ketones (excluding diaryl/α,β-unsaturated/α-hetero) is 1. The number of hydrogen-bond acceptors (Lipinski definition) is 7. The summed E-state index contributed by atoms with van der Waals surface area (Å²) in [4.78, 5) is 24.4. The van der Waals surface area contributed by atoms with Crippen molar-refractivity contribution in [1.29, 1.82) is 0 Å². The Bertz CT molecular complexity index is 978. The monoisotopic (exact) mass is 412 g/mol. The first-order valence-electron chi connectivity index (χ1n) is 9.69. The van der Waals surface area contributed by atoms with Crippen LogP contribution in [0.1, 0.15) is 36.7 Å². The van der Waals surface area contributed by atoms with Crippen molar-refractivity contribution in [1.82, 2.24) is 0 Å². The molecular formula is C23H24O7. The molecule has 0 bridgehead atoms. The molecule has 0 radical (unpaired) electrons. The largest absolute Gasteiger partial charge is 0.494 e. The fraction of sp³-hybridized carbons (Fsp3) is 0.304. The Morgan fingerprint density at radius 1 is 1.10 bits per heavy atom. The Balaban J connectivity index is 1.80. The number of rotatable bonds is 8. The highest BCUT2D eigenvalue weighted by atomic mass is 16.6. The Morgan fingerprint density at radius 3 is 2.60 bits per heavy atom. The smallest absolute Gasteiger partial charge is 0.347 e. The highest BCUT2D eigenvalue weighted by Crippen LogP contribution is 2.36. The summed E-state index contributed by atoms with van der Waals surface area (Å²) in [6, 6.07) is 10.2. The summed E-state index contributed by atoms with van der Waals surface area (Å²) in [6.07, 6.45) is 0.848. The second-order valence-corrected chi connectivity index (χ2v) is 6.45. The minimum Gasteiger partial charge on any atom is -0.494 e. The summed E-state index contributed by atoms with van der Waals surface area (Å²) in [5, 5.41) is 0. The van der Waals surface area contributed by atoms with Crippen LogP contribution in [0.5, 0.6) is 23.0 Å². The van der Waals surface area contributed by atoms with Gasteiger partial charge in [-0.1, -0.05) is 6.07 Å². The predicted molar refractivity (Wildman–Crippen MR) is 110 cm³/mol. The molecule has 1 aliphatic rings. The zero-order valence-electron chi connectivity index (χ0n) is 17.4. The zero-order chi connectivity index (χ0) is 21.7. The van der Waals surface area contributed by atoms with Crippen molar-refractivity contribution in [2.75, 3.05) is 20.3 Å². The third kappa shape index (κ3) is 4.56. The molecule has 0 amide bonds. The second-order valence-electron chi connectivity index (χ2n) is 6.45. The van der Waals surface area contributed by atoms with Crippen molar-refractivity contribution in [3.8, 4) is 23.0 Å². The Morgan fingerprint density at radius 2 is 1.90 bits per heavy atom. The summed E-state index contributed by atoms with van der Waals surface area (Å²) in [5.41, 5.74) is 1.17. The first-order valence-corrected chi connectivity index (χ1v) is 9.69. The summed E-state index contributed by atoms with van der Waals surface area (Å²) in [6.45, 7) is 6.03. The second kappa shape index (κ2) is 9.35. The van der Waals surface area contributed by atoms with Crippen LogP contribution in [0.2, 0.25) is 0 Å². The number of methoxy groups -OCH3 is 1. The summed E-state index contributed by atoms with van der Waals surface area (Å²) in [7, 11) is 1.50. The van der Waals surface area contributed by atoms with Gasteiger partial charge >= 0.3 is 5.97 Å². The topological polar surface area (TPSA) is 80.3 Å². The van der Waals surface area contributed by atoms with Crippen LogP contribution in [-0.4, -0.2) is 38.2 Å². The van der Waals surface area contributed by atoms with Gasteiger partial charge in [0.2, 0.25) is 5.78 Å². The highest BCUT2D eigenvalue weighted by molar-refractivity contribution is 6.14. The minimum atomic E-state index is -0.781. The van der Waals surface area contributed by atoms with E-state index in [1.165, 1.54) is 7.11 Å². The lowest BCUT2D eigenvalue weighted by Crippen LogP contribution is -2.26. The lowest BCUT2D eigenvalue weighted by Gasteiger charge is -2.16. The lowest BCUT2D eigenvalue weighted by molar-refractivity contribution is -0.150. The number of allylic oxidation sites excluding steroid dienone is 1. The van der Waals surface area contributed by atoms with Gasteiger partial charge in [-0.3, -0.25) is 4.79 Å². The number of benzene rings is 2. The van der Waals surface area contributed by atoms with Crippen LogP contribution in [-0.2, 0) is 9.53 Å². The van der Waals surface area contributed by atoms with Crippen LogP contribution < -0.4 is 18.9 Å². The van der Waals surface area contributed by atoms with E-state index in [0.717, 1.165) is 0 Å². The van der Waals surface area contributed by atoms with E-state index >= 15 is 0 Å². The van der Waals surface area contributed by atoms with Crippen LogP contribution in [0.25, 0.3) is 6.08 Å². The van der Waals surface area contributed by atoms with Crippen molar-refractivity contribution in [3.05, 3.63) is 53.3 Å². The average Bonchev–Trinajstić information content (AvgIpc) is 3.04. The first-order chi connectivity index (χ1) is 14.5. The van der Waals surface area contributed by atoms with Gasteiger partial charge in [0, 0.05) is 6.07 Å². The minimum absolute atomic E-state index is 0.203. The molecule has 1 aliphatic heterocycles. The van der Waals surface area contributed by atoms with E-state index in [-0.39, 0.29) is 18.1 Å². The molecule has 2 aromatic carbocycles. The van der Waals surface area contributed by atoms with Crippen molar-refractivity contribution in [3.63, 3.8) is 0 Å². The summed E-state index contributed by atoms with van der Waals surface area (Å²) in [5.74, 6) is 1.46. The van der Waals surface area contributed by atoms with Gasteiger partial charge in [0.05, 0.1) is 25.9 Å². The van der Waals surface area contributed by atoms with Gasteiger partial charge in [-0.05, 0) is 56.7 Å². The van der Waals surface area contributed by atoms with Crippen LogP contribution in [0, 0.1) is 0 Å². The molecule has 0 fully saturated rings. The molecule has 0 spiro atoms. The predicted octanol–water partition coefficient (Wildman–Crippen LogP) is 4.04. The third-order valence-corrected chi connectivity index (χ3v) is 4.36. The molecule has 0 N–H and O–H groups in total. The van der Waals surface area contributed by atoms with Crippen molar-refractivity contribution in [2.24, 2.45) is 0 Å². The van der Waals surface area contributed by atoms with E-state index in [2.05, 4.69) is 0 Å². The quantitative estimate of drug-likeness (QED) is 0.478. The molecule has 0 saturated carbocycles. The number of carbonyl (C=O) groups excluding carboxylic acids is 2. The molecule has 1 atom stereocenters. The fourth-order valence-electron chi connectivity index (χ4n) is 2.94. The molecule has 158 valence electrons. The molecular weight excluding hydrogens is 388 g/mol. The summed E-state index contributed by atoms with van der Waals surface area (Å²) < 4.78 is 27.2. The van der Waals surface area contributed by atoms with E-state index in [9.17, 15) is 9.59 Å². The molecule has 3 rings (SSSR count). The Labute approximate surface area is 175 Å². The van der Waals surface area contributed by atoms with Gasteiger partial charge in [0.1, 0.15) is 11.5 Å². The number of ketones is 1. The summed E-state index contributed by atoms with van der Waals surface area (Å²) >= 11 is 0. The van der Waals surface area contributed by atoms with E-state index in [1.807, 2.05) is 6.92 Å². The van der Waals surface area contributed by atoms with Crippen LogP contribution in [0.15, 0.2) is 42.2 Å². The number of ether oxygens (including phenoxy) is 5. The fourth-order valence-corrected chi connectivity index (χ4v) is 2.94.